The summed E-state index contributed by atoms with van der Waals surface area (Å²) in [6.07, 6.45) is 7.92. The van der Waals surface area contributed by atoms with E-state index in [9.17, 15) is 0 Å². The van der Waals surface area contributed by atoms with Crippen LogP contribution in [0.1, 0.15) is 22.5 Å². The van der Waals surface area contributed by atoms with Crippen molar-refractivity contribution in [1.29, 1.82) is 0 Å². The molecule has 1 N–H and O–H groups in total. The lowest BCUT2D eigenvalue weighted by Gasteiger charge is -2.28. The minimum atomic E-state index is 0.704. The Bertz CT molecular complexity index is 1100. The number of nitrogens with zero attached hydrogens (tertiary/aromatic N) is 5. The summed E-state index contributed by atoms with van der Waals surface area (Å²) in [5, 5.41) is 1.32. The number of aromatic amines is 1. The number of H-pyrrole nitrogens is 1. The van der Waals surface area contributed by atoms with Crippen LogP contribution in [-0.4, -0.2) is 36.4 Å². The maximum absolute atomic E-state index is 4.76. The quantitative estimate of drug-likeness (QED) is 0.610. The van der Waals surface area contributed by atoms with Gasteiger partial charge in [-0.2, -0.15) is 0 Å². The third-order valence-electron chi connectivity index (χ3n) is 5.24. The number of hydrogen-bond acceptors (Lipinski definition) is 5. The van der Waals surface area contributed by atoms with Crippen molar-refractivity contribution in [2.75, 3.05) is 6.54 Å². The van der Waals surface area contributed by atoms with Crippen molar-refractivity contribution < 1.29 is 0 Å². The normalized spacial score (nSPS) is 14.4. The molecular weight excluding hydrogens is 336 g/mol. The molecule has 0 spiro atoms. The highest BCUT2D eigenvalue weighted by molar-refractivity contribution is 5.84. The molecule has 5 rings (SSSR count). The summed E-state index contributed by atoms with van der Waals surface area (Å²) in [6, 6.07) is 8.52. The minimum Gasteiger partial charge on any atom is -0.358 e. The highest BCUT2D eigenvalue weighted by atomic mass is 15.1. The van der Waals surface area contributed by atoms with Gasteiger partial charge in [-0.3, -0.25) is 4.90 Å². The molecule has 6 heteroatoms. The van der Waals surface area contributed by atoms with Gasteiger partial charge in [-0.05, 0) is 18.6 Å². The highest BCUT2D eigenvalue weighted by Crippen LogP contribution is 2.26. The molecule has 0 bridgehead atoms. The van der Waals surface area contributed by atoms with Gasteiger partial charge in [0.25, 0.3) is 0 Å². The topological polar surface area (TPSA) is 70.6 Å². The van der Waals surface area contributed by atoms with E-state index in [1.165, 1.54) is 34.1 Å². The lowest BCUT2D eigenvalue weighted by Crippen LogP contribution is -2.31. The molecule has 0 saturated heterocycles. The van der Waals surface area contributed by atoms with E-state index in [0.29, 0.717) is 5.82 Å². The Morgan fingerprint density at radius 1 is 1.11 bits per heavy atom. The summed E-state index contributed by atoms with van der Waals surface area (Å²) in [4.78, 5) is 23.4. The predicted octanol–water partition coefficient (Wildman–Crippen LogP) is 3.28. The fraction of sp³-hybridized carbons (Fsp3) is 0.238. The van der Waals surface area contributed by atoms with Gasteiger partial charge in [0, 0.05) is 66.8 Å². The Kier molecular flexibility index (Phi) is 3.90. The first-order chi connectivity index (χ1) is 13.3. The van der Waals surface area contributed by atoms with Gasteiger partial charge in [0.15, 0.2) is 5.82 Å². The Morgan fingerprint density at radius 3 is 2.85 bits per heavy atom. The number of aromatic nitrogens is 5. The number of benzene rings is 1. The summed E-state index contributed by atoms with van der Waals surface area (Å²) in [5.41, 5.74) is 7.04. The molecule has 4 heterocycles. The second-order valence-electron chi connectivity index (χ2n) is 7.03. The van der Waals surface area contributed by atoms with E-state index in [1.807, 2.05) is 6.20 Å². The van der Waals surface area contributed by atoms with Crippen LogP contribution in [0.5, 0.6) is 0 Å². The molecule has 4 aromatic rings. The van der Waals surface area contributed by atoms with Crippen molar-refractivity contribution >= 4 is 10.9 Å². The van der Waals surface area contributed by atoms with E-state index in [0.717, 1.165) is 37.3 Å². The molecule has 1 aliphatic heterocycles. The van der Waals surface area contributed by atoms with E-state index in [4.69, 9.17) is 4.98 Å². The van der Waals surface area contributed by atoms with Crippen LogP contribution in [0.4, 0.5) is 0 Å². The molecule has 134 valence electrons. The van der Waals surface area contributed by atoms with E-state index in [-0.39, 0.29) is 0 Å². The molecule has 0 amide bonds. The zero-order valence-corrected chi connectivity index (χ0v) is 15.2. The molecular formula is C21H20N6. The van der Waals surface area contributed by atoms with Crippen LogP contribution < -0.4 is 0 Å². The summed E-state index contributed by atoms with van der Waals surface area (Å²) in [7, 11) is 0. The summed E-state index contributed by atoms with van der Waals surface area (Å²) in [5.74, 6) is 0.704. The minimum absolute atomic E-state index is 0.704. The lowest BCUT2D eigenvalue weighted by atomic mass is 10.0. The van der Waals surface area contributed by atoms with Crippen LogP contribution in [0.25, 0.3) is 22.3 Å². The largest absolute Gasteiger partial charge is 0.358 e. The molecule has 0 aliphatic carbocycles. The zero-order valence-electron chi connectivity index (χ0n) is 15.2. The molecule has 0 fully saturated rings. The third kappa shape index (κ3) is 2.98. The van der Waals surface area contributed by atoms with E-state index < -0.39 is 0 Å². The number of aryl methyl sites for hydroxylation is 1. The smallest absolute Gasteiger partial charge is 0.162 e. The van der Waals surface area contributed by atoms with Gasteiger partial charge in [0.05, 0.1) is 11.3 Å². The number of para-hydroxylation sites is 1. The van der Waals surface area contributed by atoms with Gasteiger partial charge in [0.1, 0.15) is 6.33 Å². The van der Waals surface area contributed by atoms with Crippen molar-refractivity contribution in [1.82, 2.24) is 29.8 Å². The molecule has 27 heavy (non-hydrogen) atoms. The molecule has 3 aromatic heterocycles. The first kappa shape index (κ1) is 16.1. The van der Waals surface area contributed by atoms with Gasteiger partial charge in [0.2, 0.25) is 0 Å². The van der Waals surface area contributed by atoms with E-state index in [2.05, 4.69) is 56.0 Å². The van der Waals surface area contributed by atoms with Crippen LogP contribution in [0.3, 0.4) is 0 Å². The predicted molar refractivity (Wildman–Crippen MR) is 104 cm³/mol. The highest BCUT2D eigenvalue weighted by Gasteiger charge is 2.20. The van der Waals surface area contributed by atoms with E-state index >= 15 is 0 Å². The molecule has 0 atom stereocenters. The first-order valence-electron chi connectivity index (χ1n) is 9.16. The van der Waals surface area contributed by atoms with Gasteiger partial charge in [-0.25, -0.2) is 19.9 Å². The van der Waals surface area contributed by atoms with Crippen LogP contribution in [0, 0.1) is 6.92 Å². The standard InChI is InChI=1S/C21H20N6/c1-14-18(17-4-2-3-5-20(17)25-14)12-27-7-6-19-16(11-27)10-24-21(26-19)15-8-22-13-23-9-15/h2-5,8-10,13,25H,6-7,11-12H2,1H3. The fourth-order valence-corrected chi connectivity index (χ4v) is 3.83. The Labute approximate surface area is 157 Å². The average molecular weight is 356 g/mol. The Hall–Kier alpha value is -3.12. The van der Waals surface area contributed by atoms with Crippen LogP contribution in [0.15, 0.2) is 49.2 Å². The van der Waals surface area contributed by atoms with Crippen molar-refractivity contribution in [3.05, 3.63) is 71.7 Å². The van der Waals surface area contributed by atoms with Crippen molar-refractivity contribution in [3.8, 4) is 11.4 Å². The average Bonchev–Trinajstić information content (AvgIpc) is 3.03. The van der Waals surface area contributed by atoms with Crippen LogP contribution in [-0.2, 0) is 19.5 Å². The van der Waals surface area contributed by atoms with E-state index in [1.54, 1.807) is 12.4 Å². The van der Waals surface area contributed by atoms with Gasteiger partial charge < -0.3 is 4.98 Å². The maximum atomic E-state index is 4.76. The fourth-order valence-electron chi connectivity index (χ4n) is 3.83. The monoisotopic (exact) mass is 356 g/mol. The second-order valence-corrected chi connectivity index (χ2v) is 7.03. The van der Waals surface area contributed by atoms with Gasteiger partial charge in [-0.15, -0.1) is 0 Å². The molecule has 0 saturated carbocycles. The number of nitrogens with one attached hydrogen (secondary N) is 1. The number of fused-ring (bicyclic) bond motifs is 2. The second kappa shape index (κ2) is 6.55. The van der Waals surface area contributed by atoms with Crippen LogP contribution in [0.2, 0.25) is 0 Å². The van der Waals surface area contributed by atoms with Gasteiger partial charge >= 0.3 is 0 Å². The maximum Gasteiger partial charge on any atom is 0.162 e. The van der Waals surface area contributed by atoms with Crippen molar-refractivity contribution in [2.24, 2.45) is 0 Å². The number of hydrogen-bond donors (Lipinski definition) is 1. The molecule has 0 radical (unpaired) electrons. The molecule has 1 aliphatic rings. The molecule has 0 unspecified atom stereocenters. The lowest BCUT2D eigenvalue weighted by molar-refractivity contribution is 0.243. The Balaban J connectivity index is 1.39. The summed E-state index contributed by atoms with van der Waals surface area (Å²) >= 11 is 0. The van der Waals surface area contributed by atoms with Crippen LogP contribution >= 0.6 is 0 Å². The third-order valence-corrected chi connectivity index (χ3v) is 5.24. The van der Waals surface area contributed by atoms with Crippen molar-refractivity contribution in [2.45, 2.75) is 26.4 Å². The molecule has 1 aromatic carbocycles. The first-order valence-corrected chi connectivity index (χ1v) is 9.16. The molecule has 6 nitrogen and oxygen atoms in total. The SMILES string of the molecule is Cc1[nH]c2ccccc2c1CN1CCc2nc(-c3cncnc3)ncc2C1. The summed E-state index contributed by atoms with van der Waals surface area (Å²) < 4.78 is 0. The number of rotatable bonds is 3. The Morgan fingerprint density at radius 2 is 1.96 bits per heavy atom. The summed E-state index contributed by atoms with van der Waals surface area (Å²) in [6.45, 7) is 4.96. The zero-order chi connectivity index (χ0) is 18.2. The van der Waals surface area contributed by atoms with Gasteiger partial charge in [-0.1, -0.05) is 18.2 Å². The van der Waals surface area contributed by atoms with Crippen molar-refractivity contribution in [3.63, 3.8) is 0 Å².